The number of hydrogen-bond donors (Lipinski definition) is 2. The summed E-state index contributed by atoms with van der Waals surface area (Å²) in [5.74, 6) is 0.345. The Bertz CT molecular complexity index is 781. The Kier molecular flexibility index (Phi) is 5.68. The lowest BCUT2D eigenvalue weighted by Gasteiger charge is -2.36. The molecule has 2 aromatic rings. The summed E-state index contributed by atoms with van der Waals surface area (Å²) in [6.07, 6.45) is 4.24. The number of phenols is 1. The van der Waals surface area contributed by atoms with E-state index in [0.717, 1.165) is 19.3 Å². The van der Waals surface area contributed by atoms with Crippen LogP contribution < -0.4 is 4.90 Å². The van der Waals surface area contributed by atoms with Crippen molar-refractivity contribution in [3.8, 4) is 17.1 Å². The molecule has 1 aliphatic heterocycles. The minimum Gasteiger partial charge on any atom is -0.507 e. The van der Waals surface area contributed by atoms with Crippen molar-refractivity contribution in [3.63, 3.8) is 0 Å². The lowest BCUT2D eigenvalue weighted by atomic mass is 10.0. The number of aromatic hydroxyl groups is 1. The average molecular weight is 357 g/mol. The van der Waals surface area contributed by atoms with Crippen molar-refractivity contribution in [1.29, 1.82) is 0 Å². The summed E-state index contributed by atoms with van der Waals surface area (Å²) >= 11 is 0. The largest absolute Gasteiger partial charge is 0.507 e. The molecule has 26 heavy (non-hydrogen) atoms. The van der Waals surface area contributed by atoms with Gasteiger partial charge in [0.25, 0.3) is 0 Å². The Morgan fingerprint density at radius 3 is 2.88 bits per heavy atom. The van der Waals surface area contributed by atoms with Crippen LogP contribution in [0.4, 0.5) is 5.82 Å². The van der Waals surface area contributed by atoms with Crippen LogP contribution in [0.5, 0.6) is 5.75 Å². The van der Waals surface area contributed by atoms with E-state index >= 15 is 0 Å². The lowest BCUT2D eigenvalue weighted by Crippen LogP contribution is -2.43. The van der Waals surface area contributed by atoms with Gasteiger partial charge in [0.1, 0.15) is 17.1 Å². The number of anilines is 1. The second-order valence-electron chi connectivity index (χ2n) is 6.19. The van der Waals surface area contributed by atoms with Gasteiger partial charge in [0.15, 0.2) is 5.82 Å². The maximum absolute atomic E-state index is 12.4. The summed E-state index contributed by atoms with van der Waals surface area (Å²) in [6, 6.07) is 6.69. The topological polar surface area (TPSA) is 95.8 Å². The predicted molar refractivity (Wildman–Crippen MR) is 97.2 cm³/mol. The minimum absolute atomic E-state index is 0.0157. The molecule has 0 saturated carbocycles. The highest BCUT2D eigenvalue weighted by molar-refractivity contribution is 5.95. The maximum Gasteiger partial charge on any atom is 0.343 e. The molecule has 1 aromatic carbocycles. The molecule has 1 saturated heterocycles. The van der Waals surface area contributed by atoms with Gasteiger partial charge in [0, 0.05) is 12.7 Å². The fourth-order valence-electron chi connectivity index (χ4n) is 3.21. The molecule has 0 amide bonds. The van der Waals surface area contributed by atoms with E-state index in [0.29, 0.717) is 23.8 Å². The number of piperidine rings is 1. The molecule has 1 unspecified atom stereocenters. The molecule has 0 radical (unpaired) electrons. The normalized spacial score (nSPS) is 17.2. The summed E-state index contributed by atoms with van der Waals surface area (Å²) < 4.78 is 5.14. The van der Waals surface area contributed by atoms with E-state index < -0.39 is 5.97 Å². The number of aliphatic hydroxyl groups is 1. The molecular formula is C19H23N3O4. The third-order valence-electron chi connectivity index (χ3n) is 4.52. The van der Waals surface area contributed by atoms with E-state index in [2.05, 4.69) is 9.97 Å². The van der Waals surface area contributed by atoms with Crippen molar-refractivity contribution in [3.05, 3.63) is 36.0 Å². The van der Waals surface area contributed by atoms with Gasteiger partial charge in [-0.15, -0.1) is 0 Å². The van der Waals surface area contributed by atoms with Crippen LogP contribution in [0, 0.1) is 0 Å². The number of aromatic nitrogens is 2. The molecule has 1 fully saturated rings. The highest BCUT2D eigenvalue weighted by Gasteiger charge is 2.28. The van der Waals surface area contributed by atoms with E-state index in [1.165, 1.54) is 6.20 Å². The zero-order valence-electron chi connectivity index (χ0n) is 14.8. The zero-order chi connectivity index (χ0) is 18.5. The number of para-hydroxylation sites is 1. The average Bonchev–Trinajstić information content (AvgIpc) is 2.68. The highest BCUT2D eigenvalue weighted by atomic mass is 16.5. The molecular weight excluding hydrogens is 334 g/mol. The second-order valence-corrected chi connectivity index (χ2v) is 6.19. The first kappa shape index (κ1) is 18.1. The third kappa shape index (κ3) is 3.62. The van der Waals surface area contributed by atoms with Crippen LogP contribution in [-0.2, 0) is 4.74 Å². The molecule has 138 valence electrons. The van der Waals surface area contributed by atoms with Crippen molar-refractivity contribution >= 4 is 11.8 Å². The first-order chi connectivity index (χ1) is 12.7. The van der Waals surface area contributed by atoms with Crippen LogP contribution in [0.15, 0.2) is 30.5 Å². The molecule has 3 rings (SSSR count). The first-order valence-electron chi connectivity index (χ1n) is 8.85. The van der Waals surface area contributed by atoms with Gasteiger partial charge in [-0.1, -0.05) is 12.1 Å². The van der Waals surface area contributed by atoms with E-state index in [9.17, 15) is 15.0 Å². The number of hydrogen-bond acceptors (Lipinski definition) is 7. The molecule has 1 atom stereocenters. The van der Waals surface area contributed by atoms with Crippen LogP contribution in [0.2, 0.25) is 0 Å². The van der Waals surface area contributed by atoms with Crippen molar-refractivity contribution in [2.24, 2.45) is 0 Å². The zero-order valence-corrected chi connectivity index (χ0v) is 14.8. The van der Waals surface area contributed by atoms with E-state index in [1.54, 1.807) is 31.2 Å². The number of rotatable bonds is 5. The van der Waals surface area contributed by atoms with Crippen LogP contribution in [0.1, 0.15) is 36.5 Å². The highest BCUT2D eigenvalue weighted by Crippen LogP contribution is 2.31. The maximum atomic E-state index is 12.4. The van der Waals surface area contributed by atoms with Crippen molar-refractivity contribution in [2.45, 2.75) is 32.2 Å². The van der Waals surface area contributed by atoms with E-state index in [4.69, 9.17) is 4.74 Å². The van der Waals surface area contributed by atoms with E-state index in [1.807, 2.05) is 4.90 Å². The standard InChI is InChI=1S/C19H23N3O4/c1-2-26-19(25)15-11-20-17(14-8-3-4-9-16(14)24)21-18(15)22-10-6-5-7-13(22)12-23/h3-4,8-9,11,13,23-24H,2,5-7,10,12H2,1H3. The molecule has 1 aromatic heterocycles. The summed E-state index contributed by atoms with van der Waals surface area (Å²) in [6.45, 7) is 2.67. The molecule has 7 nitrogen and oxygen atoms in total. The number of esters is 1. The van der Waals surface area contributed by atoms with Gasteiger partial charge in [-0.25, -0.2) is 14.8 Å². The van der Waals surface area contributed by atoms with Gasteiger partial charge >= 0.3 is 5.97 Å². The van der Waals surface area contributed by atoms with Gasteiger partial charge in [-0.3, -0.25) is 0 Å². The molecule has 1 aliphatic rings. The van der Waals surface area contributed by atoms with Gasteiger partial charge < -0.3 is 19.8 Å². The van der Waals surface area contributed by atoms with Crippen LogP contribution in [0.25, 0.3) is 11.4 Å². The smallest absolute Gasteiger partial charge is 0.343 e. The van der Waals surface area contributed by atoms with Crippen molar-refractivity contribution in [2.75, 3.05) is 24.7 Å². The molecule has 0 spiro atoms. The Morgan fingerprint density at radius 2 is 2.15 bits per heavy atom. The second kappa shape index (κ2) is 8.14. The molecule has 2 N–H and O–H groups in total. The number of carbonyl (C=O) groups is 1. The van der Waals surface area contributed by atoms with Crippen LogP contribution in [-0.4, -0.2) is 52.0 Å². The molecule has 2 heterocycles. The number of aliphatic hydroxyl groups excluding tert-OH is 1. The Balaban J connectivity index is 2.09. The number of phenolic OH excluding ortho intramolecular Hbond substituents is 1. The SMILES string of the molecule is CCOC(=O)c1cnc(-c2ccccc2O)nc1N1CCCCC1CO. The van der Waals surface area contributed by atoms with Crippen LogP contribution in [0.3, 0.4) is 0 Å². The number of benzene rings is 1. The number of nitrogens with zero attached hydrogens (tertiary/aromatic N) is 3. The predicted octanol–water partition coefficient (Wildman–Crippen LogP) is 2.38. The van der Waals surface area contributed by atoms with Crippen LogP contribution >= 0.6 is 0 Å². The first-order valence-corrected chi connectivity index (χ1v) is 8.85. The summed E-state index contributed by atoms with van der Waals surface area (Å²) in [4.78, 5) is 23.2. The Labute approximate surface area is 152 Å². The Morgan fingerprint density at radius 1 is 1.35 bits per heavy atom. The summed E-state index contributed by atoms with van der Waals surface area (Å²) in [5.41, 5.74) is 0.757. The van der Waals surface area contributed by atoms with Crippen molar-refractivity contribution in [1.82, 2.24) is 9.97 Å². The number of ether oxygens (including phenoxy) is 1. The van der Waals surface area contributed by atoms with Gasteiger partial charge in [0.05, 0.1) is 24.8 Å². The van der Waals surface area contributed by atoms with E-state index in [-0.39, 0.29) is 30.6 Å². The van der Waals surface area contributed by atoms with Gasteiger partial charge in [-0.05, 0) is 38.3 Å². The minimum atomic E-state index is -0.492. The number of carbonyl (C=O) groups excluding carboxylic acids is 1. The lowest BCUT2D eigenvalue weighted by molar-refractivity contribution is 0.0525. The fraction of sp³-hybridized carbons (Fsp3) is 0.421. The Hall–Kier alpha value is -2.67. The fourth-order valence-corrected chi connectivity index (χ4v) is 3.21. The molecule has 0 bridgehead atoms. The monoisotopic (exact) mass is 357 g/mol. The van der Waals surface area contributed by atoms with Crippen molar-refractivity contribution < 1.29 is 19.7 Å². The van der Waals surface area contributed by atoms with Gasteiger partial charge in [0.2, 0.25) is 0 Å². The summed E-state index contributed by atoms with van der Waals surface area (Å²) in [5, 5.41) is 19.8. The van der Waals surface area contributed by atoms with Gasteiger partial charge in [-0.2, -0.15) is 0 Å². The molecule has 7 heteroatoms. The molecule has 0 aliphatic carbocycles. The summed E-state index contributed by atoms with van der Waals surface area (Å²) in [7, 11) is 0. The third-order valence-corrected chi connectivity index (χ3v) is 4.52. The quantitative estimate of drug-likeness (QED) is 0.793.